The van der Waals surface area contributed by atoms with Crippen LogP contribution in [0.15, 0.2) is 73.4 Å². The fraction of sp³-hybridized carbons (Fsp3) is 0.349. The van der Waals surface area contributed by atoms with Crippen LogP contribution in [0.3, 0.4) is 0 Å². The van der Waals surface area contributed by atoms with Crippen LogP contribution in [0.1, 0.15) is 33.6 Å². The topological polar surface area (TPSA) is 267 Å². The molecular formula is C43H46N12O10. The summed E-state index contributed by atoms with van der Waals surface area (Å²) in [6.07, 6.45) is 8.46. The molecule has 22 nitrogen and oxygen atoms in total. The lowest BCUT2D eigenvalue weighted by Crippen LogP contribution is -2.54. The van der Waals surface area contributed by atoms with E-state index < -0.39 is 42.2 Å². The first-order valence-corrected chi connectivity index (χ1v) is 20.9. The summed E-state index contributed by atoms with van der Waals surface area (Å²) < 4.78 is 24.0. The Hall–Kier alpha value is -7.56. The second kappa shape index (κ2) is 20.3. The number of fused-ring (bicyclic) bond motifs is 2. The van der Waals surface area contributed by atoms with Crippen molar-refractivity contribution >= 4 is 64.1 Å². The van der Waals surface area contributed by atoms with Gasteiger partial charge >= 0.3 is 0 Å². The van der Waals surface area contributed by atoms with Gasteiger partial charge in [-0.3, -0.25) is 44.0 Å². The number of ether oxygens (including phenoxy) is 4. The number of rotatable bonds is 19. The summed E-state index contributed by atoms with van der Waals surface area (Å²) in [6.45, 7) is 3.46. The number of carbonyl (C=O) groups excluding carboxylic acids is 6. The maximum atomic E-state index is 13.2. The number of aromatic nitrogens is 5. The Balaban J connectivity index is 0.663. The maximum absolute atomic E-state index is 13.2. The van der Waals surface area contributed by atoms with Crippen LogP contribution in [0.4, 0.5) is 23.0 Å². The highest BCUT2D eigenvalue weighted by Gasteiger charge is 2.46. The zero-order valence-corrected chi connectivity index (χ0v) is 35.1. The number of imidazole rings is 1. The Morgan fingerprint density at radius 1 is 0.846 bits per heavy atom. The lowest BCUT2D eigenvalue weighted by molar-refractivity contribution is -0.137. The van der Waals surface area contributed by atoms with E-state index in [2.05, 4.69) is 35.8 Å². The first kappa shape index (κ1) is 44.1. The van der Waals surface area contributed by atoms with Crippen LogP contribution in [-0.4, -0.2) is 155 Å². The summed E-state index contributed by atoms with van der Waals surface area (Å²) in [7, 11) is 0. The van der Waals surface area contributed by atoms with E-state index in [1.54, 1.807) is 17.3 Å². The highest BCUT2D eigenvalue weighted by molar-refractivity contribution is 6.24. The number of nitrogen functional groups attached to an aromatic ring is 1. The van der Waals surface area contributed by atoms with Gasteiger partial charge in [0.15, 0.2) is 18.1 Å². The fourth-order valence-electron chi connectivity index (χ4n) is 7.50. The molecule has 0 radical (unpaired) electrons. The number of piperazine rings is 1. The Bertz CT molecular complexity index is 2580. The molecule has 65 heavy (non-hydrogen) atoms. The fourth-order valence-corrected chi connectivity index (χ4v) is 7.50. The molecule has 8 rings (SSSR count). The van der Waals surface area contributed by atoms with E-state index in [0.717, 1.165) is 16.3 Å². The summed E-state index contributed by atoms with van der Waals surface area (Å²) in [5, 5.41) is 8.17. The van der Waals surface area contributed by atoms with Crippen molar-refractivity contribution in [3.63, 3.8) is 0 Å². The number of hydrogen-bond acceptors (Lipinski definition) is 17. The lowest BCUT2D eigenvalue weighted by atomic mass is 10.0. The van der Waals surface area contributed by atoms with Crippen LogP contribution in [0.5, 0.6) is 5.75 Å². The predicted octanol–water partition coefficient (Wildman–Crippen LogP) is 0.807. The number of anilines is 4. The van der Waals surface area contributed by atoms with Crippen LogP contribution in [0, 0.1) is 0 Å². The van der Waals surface area contributed by atoms with Crippen molar-refractivity contribution in [2.24, 2.45) is 0 Å². The van der Waals surface area contributed by atoms with Gasteiger partial charge in [0.1, 0.15) is 35.6 Å². The van der Waals surface area contributed by atoms with Gasteiger partial charge in [0, 0.05) is 69.1 Å². The Kier molecular flexibility index (Phi) is 13.8. The van der Waals surface area contributed by atoms with Gasteiger partial charge in [-0.1, -0.05) is 6.07 Å². The van der Waals surface area contributed by atoms with Crippen LogP contribution in [0.25, 0.3) is 17.0 Å². The normalized spacial score (nSPS) is 16.2. The van der Waals surface area contributed by atoms with Gasteiger partial charge in [-0.15, -0.1) is 0 Å². The van der Waals surface area contributed by atoms with E-state index in [9.17, 15) is 28.8 Å². The molecule has 3 aliphatic rings. The molecule has 0 bridgehead atoms. The second-order valence-electron chi connectivity index (χ2n) is 15.0. The minimum Gasteiger partial charge on any atom is -0.483 e. The quantitative estimate of drug-likeness (QED) is 0.0660. The first-order chi connectivity index (χ1) is 31.6. The average molecular weight is 891 g/mol. The number of hydrogen-bond donors (Lipinski definition) is 4. The number of nitrogens with two attached hydrogens (primary N) is 1. The summed E-state index contributed by atoms with van der Waals surface area (Å²) >= 11 is 0. The standard InChI is InChI=1S/C43H46N12O10/c44-34-23-45-22-30(49-34)31-24-54-12-10-47-40(54)39(50-31)48-27-4-6-28(7-5-27)52-13-15-53(16-14-52)37(58)26-64-21-20-63-19-18-62-17-11-46-36(57)25-65-33-3-1-2-29-38(33)43(61)55(42(29)60)32-8-9-35(56)51-41(32)59/h1-7,10,12,22-24,32H,8-9,11,13-21,25-26H2,(H2,44,49)(H,46,57)(H,48,50)(H,51,56,59). The molecule has 22 heteroatoms. The van der Waals surface area contributed by atoms with Crippen molar-refractivity contribution in [3.05, 3.63) is 84.6 Å². The number of amides is 6. The highest BCUT2D eigenvalue weighted by atomic mass is 16.5. The van der Waals surface area contributed by atoms with E-state index in [0.29, 0.717) is 54.8 Å². The van der Waals surface area contributed by atoms with Crippen LogP contribution in [0.2, 0.25) is 0 Å². The van der Waals surface area contributed by atoms with Gasteiger partial charge in [0.25, 0.3) is 17.7 Å². The molecule has 2 fully saturated rings. The monoisotopic (exact) mass is 890 g/mol. The predicted molar refractivity (Wildman–Crippen MR) is 231 cm³/mol. The average Bonchev–Trinajstić information content (AvgIpc) is 3.89. The molecule has 0 aliphatic carbocycles. The number of nitrogens with one attached hydrogen (secondary N) is 3. The molecule has 6 heterocycles. The van der Waals surface area contributed by atoms with E-state index in [4.69, 9.17) is 29.7 Å². The Morgan fingerprint density at radius 3 is 2.38 bits per heavy atom. The molecule has 2 aromatic carbocycles. The van der Waals surface area contributed by atoms with Crippen LogP contribution in [-0.2, 0) is 33.4 Å². The molecule has 1 atom stereocenters. The number of benzene rings is 2. The van der Waals surface area contributed by atoms with E-state index in [-0.39, 0.29) is 81.8 Å². The smallest absolute Gasteiger partial charge is 0.266 e. The van der Waals surface area contributed by atoms with E-state index >= 15 is 0 Å². The molecule has 0 spiro atoms. The molecule has 6 amide bonds. The summed E-state index contributed by atoms with van der Waals surface area (Å²) in [4.78, 5) is 97.8. The van der Waals surface area contributed by atoms with Crippen molar-refractivity contribution in [1.82, 2.24) is 44.8 Å². The van der Waals surface area contributed by atoms with E-state index in [1.807, 2.05) is 41.1 Å². The molecule has 1 unspecified atom stereocenters. The molecule has 3 aromatic heterocycles. The highest BCUT2D eigenvalue weighted by Crippen LogP contribution is 2.34. The van der Waals surface area contributed by atoms with Crippen molar-refractivity contribution in [1.29, 1.82) is 0 Å². The third-order valence-corrected chi connectivity index (χ3v) is 10.7. The number of nitrogens with zero attached hydrogens (tertiary/aromatic N) is 8. The number of carbonyl (C=O) groups is 6. The molecular weight excluding hydrogens is 845 g/mol. The van der Waals surface area contributed by atoms with Gasteiger partial charge in [0.05, 0.1) is 56.6 Å². The Morgan fingerprint density at radius 2 is 1.62 bits per heavy atom. The van der Waals surface area contributed by atoms with Crippen molar-refractivity contribution in [2.75, 3.05) is 94.9 Å². The molecule has 5 aromatic rings. The summed E-state index contributed by atoms with van der Waals surface area (Å²) in [6, 6.07) is 11.3. The minimum atomic E-state index is -1.11. The zero-order valence-electron chi connectivity index (χ0n) is 35.1. The number of piperidine rings is 1. The van der Waals surface area contributed by atoms with Crippen LogP contribution >= 0.6 is 0 Å². The van der Waals surface area contributed by atoms with E-state index in [1.165, 1.54) is 24.4 Å². The van der Waals surface area contributed by atoms with Crippen molar-refractivity contribution < 1.29 is 47.7 Å². The summed E-state index contributed by atoms with van der Waals surface area (Å²) in [5.41, 5.74) is 9.51. The van der Waals surface area contributed by atoms with Gasteiger partial charge in [0.2, 0.25) is 17.7 Å². The van der Waals surface area contributed by atoms with Crippen LogP contribution < -0.4 is 31.3 Å². The molecule has 2 saturated heterocycles. The third-order valence-electron chi connectivity index (χ3n) is 10.7. The molecule has 5 N–H and O–H groups in total. The van der Waals surface area contributed by atoms with Gasteiger partial charge in [-0.25, -0.2) is 15.0 Å². The maximum Gasteiger partial charge on any atom is 0.266 e. The first-order valence-electron chi connectivity index (χ1n) is 20.9. The van der Waals surface area contributed by atoms with Gasteiger partial charge < -0.3 is 49.5 Å². The third kappa shape index (κ3) is 10.5. The SMILES string of the molecule is Nc1cncc(-c2cn3ccnc3c(Nc3ccc(N4CCN(C(=O)COCCOCCOCCNC(=O)COc5cccc6c5C(=O)N(C5CCC(=O)NC5=O)C6=O)CC4)cc3)n2)n1. The Labute approximate surface area is 371 Å². The minimum absolute atomic E-state index is 0.000713. The largest absolute Gasteiger partial charge is 0.483 e. The second-order valence-corrected chi connectivity index (χ2v) is 15.0. The zero-order chi connectivity index (χ0) is 45.3. The summed E-state index contributed by atoms with van der Waals surface area (Å²) in [5.74, 6) is -2.26. The lowest BCUT2D eigenvalue weighted by Gasteiger charge is -2.36. The van der Waals surface area contributed by atoms with Crippen molar-refractivity contribution in [2.45, 2.75) is 18.9 Å². The van der Waals surface area contributed by atoms with Gasteiger partial charge in [-0.2, -0.15) is 0 Å². The van der Waals surface area contributed by atoms with Crippen molar-refractivity contribution in [3.8, 4) is 17.1 Å². The molecule has 338 valence electrons. The molecule has 3 aliphatic heterocycles. The van der Waals surface area contributed by atoms with Gasteiger partial charge in [-0.05, 0) is 42.8 Å². The molecule has 0 saturated carbocycles. The number of imide groups is 2.